The first-order valence-electron chi connectivity index (χ1n) is 9.89. The quantitative estimate of drug-likeness (QED) is 0.802. The lowest BCUT2D eigenvalue weighted by atomic mass is 10.0. The fraction of sp³-hybridized carbons (Fsp3) is 0.429. The summed E-state index contributed by atoms with van der Waals surface area (Å²) in [7, 11) is 0. The second-order valence-electron chi connectivity index (χ2n) is 7.58. The maximum Gasteiger partial charge on any atom is 0.242 e. The summed E-state index contributed by atoms with van der Waals surface area (Å²) in [5, 5.41) is 0.788. The van der Waals surface area contributed by atoms with Crippen LogP contribution in [-0.2, 0) is 4.79 Å². The normalized spacial score (nSPS) is 24.5. The second kappa shape index (κ2) is 7.20. The Labute approximate surface area is 169 Å². The second-order valence-corrected chi connectivity index (χ2v) is 8.71. The number of pyridine rings is 2. The van der Waals surface area contributed by atoms with Crippen LogP contribution < -0.4 is 9.80 Å². The van der Waals surface area contributed by atoms with Crippen LogP contribution in [0.5, 0.6) is 0 Å². The maximum absolute atomic E-state index is 13.1. The molecule has 0 aromatic carbocycles. The summed E-state index contributed by atoms with van der Waals surface area (Å²) in [4.78, 5) is 31.1. The molecule has 2 atom stereocenters. The van der Waals surface area contributed by atoms with Crippen LogP contribution in [0.1, 0.15) is 30.5 Å². The van der Waals surface area contributed by atoms with Gasteiger partial charge in [-0.1, -0.05) is 11.8 Å². The third-order valence-corrected chi connectivity index (χ3v) is 7.00. The largest absolute Gasteiger partial charge is 0.357 e. The van der Waals surface area contributed by atoms with Gasteiger partial charge in [0.1, 0.15) is 16.1 Å². The van der Waals surface area contributed by atoms with Gasteiger partial charge in [0.25, 0.3) is 0 Å². The number of nitrogens with zero attached hydrogens (tertiary/aromatic N) is 5. The number of anilines is 2. The van der Waals surface area contributed by atoms with E-state index >= 15 is 0 Å². The highest BCUT2D eigenvalue weighted by Crippen LogP contribution is 2.37. The van der Waals surface area contributed by atoms with Gasteiger partial charge in [0, 0.05) is 37.1 Å². The summed E-state index contributed by atoms with van der Waals surface area (Å²) in [6.07, 6.45) is 7.05. The van der Waals surface area contributed by atoms with Crippen LogP contribution in [0, 0.1) is 6.92 Å². The number of aryl methyl sites for hydroxylation is 1. The molecule has 0 aliphatic carbocycles. The fourth-order valence-electron chi connectivity index (χ4n) is 4.07. The first kappa shape index (κ1) is 17.7. The first-order chi connectivity index (χ1) is 13.7. The molecule has 28 heavy (non-hydrogen) atoms. The Bertz CT molecular complexity index is 905. The third-order valence-electron chi connectivity index (χ3n) is 5.66. The van der Waals surface area contributed by atoms with Gasteiger partial charge < -0.3 is 9.80 Å². The van der Waals surface area contributed by atoms with Crippen molar-refractivity contribution in [3.8, 4) is 0 Å². The highest BCUT2D eigenvalue weighted by Gasteiger charge is 2.42. The van der Waals surface area contributed by atoms with Crippen molar-refractivity contribution in [2.24, 2.45) is 4.99 Å². The number of hydrogen-bond donors (Lipinski definition) is 0. The van der Waals surface area contributed by atoms with E-state index in [1.807, 2.05) is 30.2 Å². The summed E-state index contributed by atoms with van der Waals surface area (Å²) in [6, 6.07) is 8.16. The monoisotopic (exact) mass is 393 g/mol. The minimum Gasteiger partial charge on any atom is -0.357 e. The smallest absolute Gasteiger partial charge is 0.242 e. The molecule has 5 heterocycles. The third kappa shape index (κ3) is 3.17. The predicted octanol–water partition coefficient (Wildman–Crippen LogP) is 3.05. The summed E-state index contributed by atoms with van der Waals surface area (Å²) in [6.45, 7) is 4.82. The average molecular weight is 394 g/mol. The molecule has 2 saturated heterocycles. The number of thioether (sulfide) groups is 1. The highest BCUT2D eigenvalue weighted by atomic mass is 32.2. The van der Waals surface area contributed by atoms with Crippen LogP contribution in [0.25, 0.3) is 0 Å². The van der Waals surface area contributed by atoms with Crippen LogP contribution in [-0.4, -0.2) is 51.8 Å². The molecule has 3 aliphatic heterocycles. The predicted molar refractivity (Wildman–Crippen MR) is 113 cm³/mol. The van der Waals surface area contributed by atoms with Gasteiger partial charge in [-0.3, -0.25) is 14.8 Å². The number of carbonyl (C=O) groups excluding carboxylic acids is 1. The van der Waals surface area contributed by atoms with Crippen LogP contribution in [0.3, 0.4) is 0 Å². The number of rotatable bonds is 3. The number of piperidine rings is 1. The lowest BCUT2D eigenvalue weighted by Crippen LogP contribution is -2.48. The summed E-state index contributed by atoms with van der Waals surface area (Å²) in [5.74, 6) is 1.17. The van der Waals surface area contributed by atoms with E-state index in [9.17, 15) is 4.79 Å². The van der Waals surface area contributed by atoms with Gasteiger partial charge >= 0.3 is 0 Å². The zero-order chi connectivity index (χ0) is 19.1. The molecule has 2 fully saturated rings. The lowest BCUT2D eigenvalue weighted by molar-refractivity contribution is -0.119. The van der Waals surface area contributed by atoms with Gasteiger partial charge in [-0.25, -0.2) is 4.98 Å². The molecule has 0 N–H and O–H groups in total. The Hall–Kier alpha value is -2.41. The van der Waals surface area contributed by atoms with Crippen molar-refractivity contribution in [3.63, 3.8) is 0 Å². The summed E-state index contributed by atoms with van der Waals surface area (Å²) < 4.78 is 0. The van der Waals surface area contributed by atoms with Crippen molar-refractivity contribution < 1.29 is 4.79 Å². The first-order valence-corrected chi connectivity index (χ1v) is 10.8. The van der Waals surface area contributed by atoms with E-state index in [1.54, 1.807) is 18.0 Å². The zero-order valence-corrected chi connectivity index (χ0v) is 16.7. The Kier molecular flexibility index (Phi) is 4.55. The van der Waals surface area contributed by atoms with Gasteiger partial charge in [-0.05, 0) is 50.5 Å². The van der Waals surface area contributed by atoms with E-state index in [0.717, 1.165) is 47.3 Å². The van der Waals surface area contributed by atoms with Gasteiger partial charge in [-0.15, -0.1) is 0 Å². The van der Waals surface area contributed by atoms with E-state index < -0.39 is 0 Å². The van der Waals surface area contributed by atoms with E-state index in [0.29, 0.717) is 6.54 Å². The van der Waals surface area contributed by atoms with E-state index in [2.05, 4.69) is 27.0 Å². The van der Waals surface area contributed by atoms with Gasteiger partial charge in [0.2, 0.25) is 5.91 Å². The number of aliphatic imine (C=N–C) groups is 1. The molecule has 2 aromatic rings. The number of carbonyl (C=O) groups is 1. The minimum atomic E-state index is -0.150. The number of aromatic nitrogens is 2. The standard InChI is InChI=1S/C21H23N5OS/c1-14-4-6-16(13-22-14)26-11-8-17-19(21(26)27)28-20(24-17)15-5-7-18(23-12-15)25-9-2-3-10-25/h4-7,12-13,17,19H,2-3,8-11H2,1H3. The average Bonchev–Trinajstić information content (AvgIpc) is 3.40. The molecule has 6 nitrogen and oxygen atoms in total. The van der Waals surface area contributed by atoms with Crippen molar-refractivity contribution in [1.82, 2.24) is 9.97 Å². The van der Waals surface area contributed by atoms with Crippen molar-refractivity contribution in [1.29, 1.82) is 0 Å². The topological polar surface area (TPSA) is 61.7 Å². The number of hydrogen-bond acceptors (Lipinski definition) is 6. The summed E-state index contributed by atoms with van der Waals surface area (Å²) in [5.41, 5.74) is 2.84. The molecular weight excluding hydrogens is 370 g/mol. The Morgan fingerprint density at radius 1 is 1.04 bits per heavy atom. The van der Waals surface area contributed by atoms with Gasteiger partial charge in [-0.2, -0.15) is 0 Å². The molecule has 0 saturated carbocycles. The highest BCUT2D eigenvalue weighted by molar-refractivity contribution is 8.15. The van der Waals surface area contributed by atoms with Crippen molar-refractivity contribution in [3.05, 3.63) is 47.9 Å². The van der Waals surface area contributed by atoms with E-state index in [4.69, 9.17) is 4.99 Å². The van der Waals surface area contributed by atoms with Crippen LogP contribution >= 0.6 is 11.8 Å². The molecule has 144 valence electrons. The van der Waals surface area contributed by atoms with Crippen LogP contribution in [0.2, 0.25) is 0 Å². The Morgan fingerprint density at radius 2 is 1.89 bits per heavy atom. The van der Waals surface area contributed by atoms with Gasteiger partial charge in [0.15, 0.2) is 0 Å². The summed E-state index contributed by atoms with van der Waals surface area (Å²) >= 11 is 1.58. The molecular formula is C21H23N5OS. The van der Waals surface area contributed by atoms with E-state index in [1.165, 1.54) is 12.8 Å². The lowest BCUT2D eigenvalue weighted by Gasteiger charge is -2.32. The van der Waals surface area contributed by atoms with Crippen LogP contribution in [0.15, 0.2) is 41.7 Å². The molecule has 0 radical (unpaired) electrons. The number of amides is 1. The fourth-order valence-corrected chi connectivity index (χ4v) is 5.34. The molecule has 3 aliphatic rings. The SMILES string of the molecule is Cc1ccc(N2CCC3N=C(c4ccc(N5CCCC5)nc4)SC3C2=O)cn1. The molecule has 2 unspecified atom stereocenters. The van der Waals surface area contributed by atoms with Crippen molar-refractivity contribution in [2.75, 3.05) is 29.4 Å². The molecule has 1 amide bonds. The van der Waals surface area contributed by atoms with Crippen LogP contribution in [0.4, 0.5) is 11.5 Å². The van der Waals surface area contributed by atoms with Gasteiger partial charge in [0.05, 0.1) is 17.9 Å². The molecule has 7 heteroatoms. The Morgan fingerprint density at radius 3 is 2.61 bits per heavy atom. The maximum atomic E-state index is 13.1. The Balaban J connectivity index is 1.31. The zero-order valence-electron chi connectivity index (χ0n) is 15.9. The molecule has 5 rings (SSSR count). The van der Waals surface area contributed by atoms with Crippen molar-refractivity contribution >= 4 is 34.2 Å². The number of fused-ring (bicyclic) bond motifs is 1. The molecule has 2 aromatic heterocycles. The molecule has 0 spiro atoms. The van der Waals surface area contributed by atoms with Crippen molar-refractivity contribution in [2.45, 2.75) is 37.5 Å². The molecule has 0 bridgehead atoms. The minimum absolute atomic E-state index is 0.0559. The van der Waals surface area contributed by atoms with E-state index in [-0.39, 0.29) is 17.2 Å².